The van der Waals surface area contributed by atoms with Crippen molar-refractivity contribution in [3.8, 4) is 23.0 Å². The molecule has 3 saturated heterocycles. The predicted octanol–water partition coefficient (Wildman–Crippen LogP) is -1.94. The third-order valence-electron chi connectivity index (χ3n) is 8.97. The normalized spacial score (nSPS) is 37.3. The van der Waals surface area contributed by atoms with Crippen LogP contribution in [0.5, 0.6) is 23.0 Å². The van der Waals surface area contributed by atoms with Gasteiger partial charge in [0.25, 0.3) is 0 Å². The second-order valence-electron chi connectivity index (χ2n) is 12.1. The first-order valence-electron chi connectivity index (χ1n) is 15.0. The molecule has 0 radical (unpaired) electrons. The molecule has 3 heterocycles. The number of ether oxygens (including phenoxy) is 7. The summed E-state index contributed by atoms with van der Waals surface area (Å²) in [6, 6.07) is 9.20. The lowest BCUT2D eigenvalue weighted by Crippen LogP contribution is -2.60. The van der Waals surface area contributed by atoms with E-state index >= 15 is 0 Å². The van der Waals surface area contributed by atoms with Crippen LogP contribution in [0.15, 0.2) is 36.4 Å². The van der Waals surface area contributed by atoms with E-state index in [4.69, 9.17) is 33.2 Å². The Kier molecular flexibility index (Phi) is 10.8. The molecular weight excluding hydrogens is 628 g/mol. The number of methoxy groups -OCH3 is 2. The molecule has 5 rings (SSSR count). The molecule has 0 bridgehead atoms. The van der Waals surface area contributed by atoms with Gasteiger partial charge >= 0.3 is 0 Å². The van der Waals surface area contributed by atoms with Gasteiger partial charge in [0, 0.05) is 12.3 Å². The van der Waals surface area contributed by atoms with E-state index in [1.54, 1.807) is 24.3 Å². The number of phenols is 2. The molecule has 3 aliphatic heterocycles. The highest BCUT2D eigenvalue weighted by Gasteiger charge is 2.52. The highest BCUT2D eigenvalue weighted by molar-refractivity contribution is 5.44. The van der Waals surface area contributed by atoms with Crippen LogP contribution < -0.4 is 9.47 Å². The third kappa shape index (κ3) is 7.15. The van der Waals surface area contributed by atoms with Gasteiger partial charge in [0.2, 0.25) is 0 Å². The smallest absolute Gasteiger partial charge is 0.186 e. The van der Waals surface area contributed by atoms with Crippen LogP contribution >= 0.6 is 0 Å². The summed E-state index contributed by atoms with van der Waals surface area (Å²) in [5, 5.41) is 94.0. The van der Waals surface area contributed by atoms with E-state index < -0.39 is 86.1 Å². The van der Waals surface area contributed by atoms with Crippen LogP contribution in [0.2, 0.25) is 0 Å². The lowest BCUT2D eigenvalue weighted by Gasteiger charge is -2.41. The zero-order valence-corrected chi connectivity index (χ0v) is 25.8. The Balaban J connectivity index is 1.34. The molecular formula is C31H42O16. The molecule has 0 aromatic heterocycles. The van der Waals surface area contributed by atoms with Gasteiger partial charge in [-0.3, -0.25) is 0 Å². The Morgan fingerprint density at radius 1 is 0.766 bits per heavy atom. The number of phenolic OH excluding ortho intramolecular Hbond substituents is 2. The number of benzene rings is 2. The Bertz CT molecular complexity index is 1360. The summed E-state index contributed by atoms with van der Waals surface area (Å²) in [4.78, 5) is 0. The Labute approximate surface area is 269 Å². The SMILES string of the molecule is COc1cc(C[C@@]2(O)CO[C@H](c3ccc(O)c(OC)c3)[C@H]2CO[C@H]2O[C@@H](CO[C@H]3OC[C@@](O)(CO)[C@@H]3O)[C@H](O)[C@@H](O)[C@H]2O)ccc1O. The van der Waals surface area contributed by atoms with Gasteiger partial charge in [0.1, 0.15) is 36.1 Å². The molecule has 0 spiro atoms. The van der Waals surface area contributed by atoms with Gasteiger partial charge in [-0.1, -0.05) is 12.1 Å². The van der Waals surface area contributed by atoms with E-state index in [0.717, 1.165) is 0 Å². The molecule has 2 aromatic carbocycles. The maximum Gasteiger partial charge on any atom is 0.186 e. The monoisotopic (exact) mass is 670 g/mol. The van der Waals surface area contributed by atoms with Crippen LogP contribution in [0, 0.1) is 5.92 Å². The fourth-order valence-electron chi connectivity index (χ4n) is 6.06. The minimum Gasteiger partial charge on any atom is -0.504 e. The third-order valence-corrected chi connectivity index (χ3v) is 8.97. The molecule has 16 heteroatoms. The number of aliphatic hydroxyl groups is 7. The molecule has 47 heavy (non-hydrogen) atoms. The summed E-state index contributed by atoms with van der Waals surface area (Å²) < 4.78 is 38.9. The molecule has 0 amide bonds. The zero-order chi connectivity index (χ0) is 34.1. The Hall–Kier alpha value is -2.84. The second-order valence-corrected chi connectivity index (χ2v) is 12.1. The van der Waals surface area contributed by atoms with E-state index in [1.807, 2.05) is 0 Å². The number of hydrogen-bond acceptors (Lipinski definition) is 16. The minimum absolute atomic E-state index is 0.0270. The first kappa shape index (κ1) is 35.5. The quantitative estimate of drug-likeness (QED) is 0.119. The average molecular weight is 671 g/mol. The molecule has 0 saturated carbocycles. The summed E-state index contributed by atoms with van der Waals surface area (Å²) in [7, 11) is 2.78. The van der Waals surface area contributed by atoms with Crippen molar-refractivity contribution in [2.45, 2.75) is 66.8 Å². The van der Waals surface area contributed by atoms with E-state index in [0.29, 0.717) is 11.1 Å². The van der Waals surface area contributed by atoms with Gasteiger partial charge < -0.3 is 79.1 Å². The van der Waals surface area contributed by atoms with Gasteiger partial charge in [0.05, 0.1) is 59.0 Å². The predicted molar refractivity (Wildman–Crippen MR) is 157 cm³/mol. The summed E-state index contributed by atoms with van der Waals surface area (Å²) in [6.07, 6.45) is -11.7. The largest absolute Gasteiger partial charge is 0.504 e. The number of hydrogen-bond donors (Lipinski definition) is 9. The van der Waals surface area contributed by atoms with Crippen LogP contribution in [0.4, 0.5) is 0 Å². The van der Waals surface area contributed by atoms with Crippen molar-refractivity contribution in [1.82, 2.24) is 0 Å². The maximum absolute atomic E-state index is 12.0. The van der Waals surface area contributed by atoms with Crippen LogP contribution in [0.3, 0.4) is 0 Å². The second kappa shape index (κ2) is 14.3. The van der Waals surface area contributed by atoms with Crippen molar-refractivity contribution in [3.05, 3.63) is 47.5 Å². The van der Waals surface area contributed by atoms with E-state index in [2.05, 4.69) is 0 Å². The first-order valence-corrected chi connectivity index (χ1v) is 15.0. The lowest BCUT2D eigenvalue weighted by atomic mass is 9.80. The van der Waals surface area contributed by atoms with Gasteiger partial charge in [-0.2, -0.15) is 0 Å². The molecule has 0 aliphatic carbocycles. The van der Waals surface area contributed by atoms with Crippen LogP contribution in [-0.2, 0) is 30.1 Å². The van der Waals surface area contributed by atoms with Gasteiger partial charge in [-0.15, -0.1) is 0 Å². The van der Waals surface area contributed by atoms with Crippen molar-refractivity contribution >= 4 is 0 Å². The van der Waals surface area contributed by atoms with Gasteiger partial charge in [0.15, 0.2) is 35.6 Å². The molecule has 262 valence electrons. The van der Waals surface area contributed by atoms with Crippen molar-refractivity contribution < 1.29 is 79.1 Å². The summed E-state index contributed by atoms with van der Waals surface area (Å²) in [6.45, 7) is -2.12. The van der Waals surface area contributed by atoms with Crippen molar-refractivity contribution in [3.63, 3.8) is 0 Å². The van der Waals surface area contributed by atoms with Gasteiger partial charge in [-0.25, -0.2) is 0 Å². The molecule has 3 fully saturated rings. The topological polar surface area (TPSA) is 247 Å². The van der Waals surface area contributed by atoms with E-state index in [1.165, 1.54) is 26.4 Å². The van der Waals surface area contributed by atoms with Crippen molar-refractivity contribution in [2.24, 2.45) is 5.92 Å². The Morgan fingerprint density at radius 3 is 2.06 bits per heavy atom. The Morgan fingerprint density at radius 2 is 1.40 bits per heavy atom. The van der Waals surface area contributed by atoms with E-state index in [9.17, 15) is 46.0 Å². The number of rotatable bonds is 12. The van der Waals surface area contributed by atoms with Crippen LogP contribution in [0.25, 0.3) is 0 Å². The number of aliphatic hydroxyl groups excluding tert-OH is 5. The minimum atomic E-state index is -1.94. The lowest BCUT2D eigenvalue weighted by molar-refractivity contribution is -0.313. The standard InChI is InChI=1S/C31H42O16/c1-41-20-7-15(3-5-18(20)33)9-30(39)13-45-26(16-4-6-19(34)21(8-16)42-2)17(30)10-43-28-25(37)24(36)23(35)22(47-28)11-44-29-27(38)31(40,12-32)14-46-29/h3-8,17,22-29,32-40H,9-14H2,1-2H3/t17-,22+,23+,24-,25-,26-,27-,28+,29+,30-,31+/m1/s1. The summed E-state index contributed by atoms with van der Waals surface area (Å²) in [5.41, 5.74) is -2.38. The molecule has 9 N–H and O–H groups in total. The van der Waals surface area contributed by atoms with Gasteiger partial charge in [-0.05, 0) is 35.4 Å². The van der Waals surface area contributed by atoms with E-state index in [-0.39, 0.29) is 42.6 Å². The molecule has 11 atom stereocenters. The van der Waals surface area contributed by atoms with Crippen molar-refractivity contribution in [1.29, 1.82) is 0 Å². The highest BCUT2D eigenvalue weighted by atomic mass is 16.7. The molecule has 0 unspecified atom stereocenters. The molecule has 16 nitrogen and oxygen atoms in total. The summed E-state index contributed by atoms with van der Waals surface area (Å²) >= 11 is 0. The fraction of sp³-hybridized carbons (Fsp3) is 0.613. The molecule has 2 aromatic rings. The first-order chi connectivity index (χ1) is 22.3. The van der Waals surface area contributed by atoms with Crippen molar-refractivity contribution in [2.75, 3.05) is 47.3 Å². The average Bonchev–Trinajstić information content (AvgIpc) is 3.54. The highest BCUT2D eigenvalue weighted by Crippen LogP contribution is 2.45. The molecule has 3 aliphatic rings. The number of aromatic hydroxyl groups is 2. The van der Waals surface area contributed by atoms with Crippen LogP contribution in [-0.4, -0.2) is 148 Å². The summed E-state index contributed by atoms with van der Waals surface area (Å²) in [5.74, 6) is -0.660. The van der Waals surface area contributed by atoms with Crippen LogP contribution in [0.1, 0.15) is 17.2 Å². The fourth-order valence-corrected chi connectivity index (χ4v) is 6.06. The zero-order valence-electron chi connectivity index (χ0n) is 25.8. The maximum atomic E-state index is 12.0.